The molecule has 2 heterocycles. The van der Waals surface area contributed by atoms with E-state index >= 15 is 0 Å². The van der Waals surface area contributed by atoms with Crippen LogP contribution in [0.2, 0.25) is 0 Å². The van der Waals surface area contributed by atoms with Crippen molar-refractivity contribution in [3.63, 3.8) is 0 Å². The van der Waals surface area contributed by atoms with Gasteiger partial charge in [0.1, 0.15) is 11.2 Å². The summed E-state index contributed by atoms with van der Waals surface area (Å²) in [6.07, 6.45) is 3.13. The van der Waals surface area contributed by atoms with Crippen LogP contribution >= 0.6 is 0 Å². The molecule has 0 aliphatic carbocycles. The van der Waals surface area contributed by atoms with Crippen molar-refractivity contribution in [2.45, 2.75) is 59.6 Å². The van der Waals surface area contributed by atoms with Crippen molar-refractivity contribution in [2.24, 2.45) is 5.92 Å². The lowest BCUT2D eigenvalue weighted by atomic mass is 9.97. The molecule has 1 saturated heterocycles. The lowest BCUT2D eigenvalue weighted by Crippen LogP contribution is -2.43. The van der Waals surface area contributed by atoms with Gasteiger partial charge in [0.15, 0.2) is 0 Å². The summed E-state index contributed by atoms with van der Waals surface area (Å²) in [6.45, 7) is 11.2. The van der Waals surface area contributed by atoms with Gasteiger partial charge in [0.25, 0.3) is 0 Å². The average molecular weight is 429 g/mol. The highest BCUT2D eigenvalue weighted by molar-refractivity contribution is 5.93. The van der Waals surface area contributed by atoms with Crippen LogP contribution in [0.15, 0.2) is 29.2 Å². The third-order valence-electron chi connectivity index (χ3n) is 5.36. The van der Waals surface area contributed by atoms with Crippen molar-refractivity contribution >= 4 is 23.0 Å². The Bertz CT molecular complexity index is 1030. The molecule has 31 heavy (non-hydrogen) atoms. The van der Waals surface area contributed by atoms with Crippen molar-refractivity contribution in [1.82, 2.24) is 9.47 Å². The predicted molar refractivity (Wildman–Crippen MR) is 119 cm³/mol. The van der Waals surface area contributed by atoms with Crippen LogP contribution in [0.4, 0.5) is 4.79 Å². The number of hydrogen-bond acceptors (Lipinski definition) is 5. The molecule has 1 aliphatic heterocycles. The lowest BCUT2D eigenvalue weighted by Gasteiger charge is -2.34. The van der Waals surface area contributed by atoms with E-state index in [0.29, 0.717) is 25.0 Å². The highest BCUT2D eigenvalue weighted by Gasteiger charge is 2.28. The first kappa shape index (κ1) is 22.8. The number of likely N-dealkylation sites (tertiary alicyclic amines) is 1. The first-order chi connectivity index (χ1) is 14.6. The van der Waals surface area contributed by atoms with Gasteiger partial charge in [-0.15, -0.1) is 0 Å². The third kappa shape index (κ3) is 5.46. The summed E-state index contributed by atoms with van der Waals surface area (Å²) in [7, 11) is 0. The maximum atomic E-state index is 12.9. The van der Waals surface area contributed by atoms with Crippen LogP contribution in [0, 0.1) is 12.8 Å². The van der Waals surface area contributed by atoms with Crippen molar-refractivity contribution in [2.75, 3.05) is 19.7 Å². The number of rotatable bonds is 4. The molecular formula is C24H32N2O5. The van der Waals surface area contributed by atoms with Gasteiger partial charge in [0.05, 0.1) is 12.1 Å². The Morgan fingerprint density at radius 3 is 2.65 bits per heavy atom. The van der Waals surface area contributed by atoms with Crippen LogP contribution in [-0.4, -0.2) is 46.8 Å². The third-order valence-corrected chi connectivity index (χ3v) is 5.36. The van der Waals surface area contributed by atoms with Gasteiger partial charge in [-0.25, -0.2) is 9.59 Å². The number of carbonyl (C=O) groups excluding carboxylic acids is 2. The number of aromatic nitrogens is 1. The Hall–Kier alpha value is -2.83. The molecule has 0 bridgehead atoms. The smallest absolute Gasteiger partial charge is 0.410 e. The minimum atomic E-state index is -0.608. The largest absolute Gasteiger partial charge is 0.462 e. The van der Waals surface area contributed by atoms with Crippen LogP contribution in [0.5, 0.6) is 0 Å². The van der Waals surface area contributed by atoms with Gasteiger partial charge in [-0.2, -0.15) is 0 Å². The Morgan fingerprint density at radius 2 is 1.97 bits per heavy atom. The second-order valence-electron chi connectivity index (χ2n) is 9.20. The number of aryl methyl sites for hydroxylation is 1. The molecule has 0 N–H and O–H groups in total. The van der Waals surface area contributed by atoms with Crippen molar-refractivity contribution < 1.29 is 19.1 Å². The van der Waals surface area contributed by atoms with E-state index in [1.807, 2.05) is 50.5 Å². The van der Waals surface area contributed by atoms with Crippen LogP contribution < -0.4 is 5.43 Å². The van der Waals surface area contributed by atoms with Gasteiger partial charge in [0.2, 0.25) is 5.43 Å². The fourth-order valence-corrected chi connectivity index (χ4v) is 4.00. The minimum absolute atomic E-state index is 0.0414. The number of fused-ring (bicyclic) bond motifs is 1. The summed E-state index contributed by atoms with van der Waals surface area (Å²) in [6, 6.07) is 5.68. The number of nitrogens with zero attached hydrogens (tertiary/aromatic N) is 2. The van der Waals surface area contributed by atoms with E-state index in [9.17, 15) is 14.4 Å². The summed E-state index contributed by atoms with van der Waals surface area (Å²) in [4.78, 5) is 39.6. The lowest BCUT2D eigenvalue weighted by molar-refractivity contribution is 0.0157. The molecule has 1 amide bonds. The quantitative estimate of drug-likeness (QED) is 0.684. The number of amides is 1. The second kappa shape index (κ2) is 9.12. The van der Waals surface area contributed by atoms with E-state index in [2.05, 4.69) is 0 Å². The van der Waals surface area contributed by atoms with E-state index in [1.54, 1.807) is 18.0 Å². The zero-order valence-corrected chi connectivity index (χ0v) is 19.1. The first-order valence-corrected chi connectivity index (χ1v) is 10.9. The van der Waals surface area contributed by atoms with Gasteiger partial charge in [-0.1, -0.05) is 11.6 Å². The van der Waals surface area contributed by atoms with Crippen LogP contribution in [-0.2, 0) is 16.0 Å². The number of hydrogen-bond donors (Lipinski definition) is 0. The molecule has 1 atom stereocenters. The maximum absolute atomic E-state index is 12.9. The molecule has 0 saturated carbocycles. The fraction of sp³-hybridized carbons (Fsp3) is 0.542. The Balaban J connectivity index is 1.91. The fourth-order valence-electron chi connectivity index (χ4n) is 4.00. The standard InChI is InChI=1S/C24H32N2O5/c1-6-30-22(28)19-15-26(20-10-9-16(2)12-18(20)21(19)27)14-17-8-7-11-25(13-17)23(29)31-24(3,4)5/h9-10,12,15,17H,6-8,11,13-14H2,1-5H3/t17-/m1/s1. The Kier molecular flexibility index (Phi) is 6.72. The van der Waals surface area contributed by atoms with E-state index in [4.69, 9.17) is 9.47 Å². The van der Waals surface area contributed by atoms with E-state index < -0.39 is 11.6 Å². The SMILES string of the molecule is CCOC(=O)c1cn(C[C@@H]2CCCN(C(=O)OC(C)(C)C)C2)c2ccc(C)cc2c1=O. The molecule has 1 fully saturated rings. The molecule has 0 unspecified atom stereocenters. The van der Waals surface area contributed by atoms with Crippen molar-refractivity contribution in [3.05, 3.63) is 45.7 Å². The monoisotopic (exact) mass is 428 g/mol. The number of carbonyl (C=O) groups is 2. The number of ether oxygens (including phenoxy) is 2. The maximum Gasteiger partial charge on any atom is 0.410 e. The van der Waals surface area contributed by atoms with Gasteiger partial charge in [-0.3, -0.25) is 4.79 Å². The first-order valence-electron chi connectivity index (χ1n) is 10.9. The molecule has 7 nitrogen and oxygen atoms in total. The average Bonchev–Trinajstić information content (AvgIpc) is 2.69. The zero-order chi connectivity index (χ0) is 22.8. The topological polar surface area (TPSA) is 77.8 Å². The highest BCUT2D eigenvalue weighted by Crippen LogP contribution is 2.23. The molecule has 1 aliphatic rings. The normalized spacial score (nSPS) is 16.9. The molecule has 3 rings (SSSR count). The number of esters is 1. The highest BCUT2D eigenvalue weighted by atomic mass is 16.6. The molecule has 7 heteroatoms. The zero-order valence-electron chi connectivity index (χ0n) is 19.1. The summed E-state index contributed by atoms with van der Waals surface area (Å²) >= 11 is 0. The molecule has 0 spiro atoms. The van der Waals surface area contributed by atoms with E-state index in [1.165, 1.54) is 0 Å². The summed E-state index contributed by atoms with van der Waals surface area (Å²) < 4.78 is 12.6. The molecule has 168 valence electrons. The van der Waals surface area contributed by atoms with Crippen molar-refractivity contribution in [3.8, 4) is 0 Å². The summed E-state index contributed by atoms with van der Waals surface area (Å²) in [5, 5.41) is 0.505. The van der Waals surface area contributed by atoms with Gasteiger partial charge < -0.3 is 18.9 Å². The number of benzene rings is 1. The van der Waals surface area contributed by atoms with Gasteiger partial charge in [0, 0.05) is 31.2 Å². The van der Waals surface area contributed by atoms with Gasteiger partial charge in [-0.05, 0) is 65.5 Å². The molecular weight excluding hydrogens is 396 g/mol. The second-order valence-corrected chi connectivity index (χ2v) is 9.20. The molecule has 1 aromatic carbocycles. The van der Waals surface area contributed by atoms with Crippen LogP contribution in [0.25, 0.3) is 10.9 Å². The van der Waals surface area contributed by atoms with Crippen LogP contribution in [0.1, 0.15) is 56.5 Å². The summed E-state index contributed by atoms with van der Waals surface area (Å²) in [5.41, 5.74) is 0.918. The number of pyridine rings is 1. The van der Waals surface area contributed by atoms with Crippen LogP contribution in [0.3, 0.4) is 0 Å². The van der Waals surface area contributed by atoms with E-state index in [-0.39, 0.29) is 29.6 Å². The molecule has 2 aromatic rings. The predicted octanol–water partition coefficient (Wildman–Crippen LogP) is 4.13. The molecule has 1 aromatic heterocycles. The summed E-state index contributed by atoms with van der Waals surface area (Å²) in [5.74, 6) is -0.424. The van der Waals surface area contributed by atoms with Crippen molar-refractivity contribution in [1.29, 1.82) is 0 Å². The Morgan fingerprint density at radius 1 is 1.23 bits per heavy atom. The molecule has 0 radical (unpaired) electrons. The van der Waals surface area contributed by atoms with Gasteiger partial charge >= 0.3 is 12.1 Å². The minimum Gasteiger partial charge on any atom is -0.462 e. The number of piperidine rings is 1. The van der Waals surface area contributed by atoms with E-state index in [0.717, 1.165) is 23.9 Å². The Labute approximate surface area is 182 Å².